The van der Waals surface area contributed by atoms with Gasteiger partial charge in [-0.05, 0) is 42.8 Å². The van der Waals surface area contributed by atoms with Crippen molar-refractivity contribution < 1.29 is 4.39 Å². The zero-order valence-corrected chi connectivity index (χ0v) is 9.74. The fourth-order valence-corrected chi connectivity index (χ4v) is 1.89. The lowest BCUT2D eigenvalue weighted by Crippen LogP contribution is -1.93. The number of anilines is 2. The Balaban J connectivity index is 2.01. The van der Waals surface area contributed by atoms with Crippen LogP contribution in [0.15, 0.2) is 36.5 Å². The molecule has 0 amide bonds. The van der Waals surface area contributed by atoms with Crippen molar-refractivity contribution in [3.63, 3.8) is 0 Å². The first-order valence-corrected chi connectivity index (χ1v) is 5.56. The van der Waals surface area contributed by atoms with Crippen molar-refractivity contribution in [1.82, 2.24) is 15.2 Å². The van der Waals surface area contributed by atoms with Gasteiger partial charge in [-0.15, -0.1) is 0 Å². The van der Waals surface area contributed by atoms with Gasteiger partial charge in [0.2, 0.25) is 0 Å². The number of H-pyrrole nitrogens is 1. The Morgan fingerprint density at radius 2 is 2.17 bits per heavy atom. The highest BCUT2D eigenvalue weighted by Gasteiger charge is 2.07. The molecule has 3 rings (SSSR count). The Kier molecular flexibility index (Phi) is 2.44. The molecule has 0 aliphatic rings. The molecule has 2 N–H and O–H groups in total. The summed E-state index contributed by atoms with van der Waals surface area (Å²) < 4.78 is 13.3. The van der Waals surface area contributed by atoms with Crippen molar-refractivity contribution in [2.24, 2.45) is 0 Å². The van der Waals surface area contributed by atoms with Gasteiger partial charge in [0.1, 0.15) is 11.3 Å². The monoisotopic (exact) mass is 242 g/mol. The number of halogens is 1. The van der Waals surface area contributed by atoms with E-state index >= 15 is 0 Å². The van der Waals surface area contributed by atoms with E-state index in [0.29, 0.717) is 11.5 Å². The molecule has 2 aromatic heterocycles. The molecule has 0 aliphatic heterocycles. The highest BCUT2D eigenvalue weighted by molar-refractivity contribution is 5.87. The summed E-state index contributed by atoms with van der Waals surface area (Å²) in [6.07, 6.45) is 1.69. The van der Waals surface area contributed by atoms with E-state index in [2.05, 4.69) is 20.5 Å². The van der Waals surface area contributed by atoms with E-state index in [9.17, 15) is 4.39 Å². The molecule has 5 heteroatoms. The lowest BCUT2D eigenvalue weighted by atomic mass is 10.2. The molecule has 0 unspecified atom stereocenters. The van der Waals surface area contributed by atoms with Crippen molar-refractivity contribution in [1.29, 1.82) is 0 Å². The third-order valence-electron chi connectivity index (χ3n) is 2.63. The van der Waals surface area contributed by atoms with E-state index in [0.717, 1.165) is 16.6 Å². The zero-order chi connectivity index (χ0) is 12.5. The van der Waals surface area contributed by atoms with Crippen LogP contribution in [-0.2, 0) is 0 Å². The van der Waals surface area contributed by atoms with Crippen LogP contribution in [0.5, 0.6) is 0 Å². The van der Waals surface area contributed by atoms with E-state index in [4.69, 9.17) is 0 Å². The fraction of sp³-hybridized carbons (Fsp3) is 0.0769. The van der Waals surface area contributed by atoms with E-state index < -0.39 is 0 Å². The summed E-state index contributed by atoms with van der Waals surface area (Å²) in [6.45, 7) is 1.84. The van der Waals surface area contributed by atoms with Gasteiger partial charge in [0.05, 0.1) is 5.52 Å². The first-order chi connectivity index (χ1) is 8.72. The molecule has 0 fully saturated rings. The van der Waals surface area contributed by atoms with Gasteiger partial charge in [0.25, 0.3) is 0 Å². The number of nitrogens with zero attached hydrogens (tertiary/aromatic N) is 2. The van der Waals surface area contributed by atoms with Crippen molar-refractivity contribution in [3.8, 4) is 0 Å². The summed E-state index contributed by atoms with van der Waals surface area (Å²) in [5.41, 5.74) is 3.09. The maximum Gasteiger partial charge on any atom is 0.178 e. The second-order valence-corrected chi connectivity index (χ2v) is 4.11. The zero-order valence-electron chi connectivity index (χ0n) is 9.74. The van der Waals surface area contributed by atoms with Crippen LogP contribution >= 0.6 is 0 Å². The first kappa shape index (κ1) is 10.7. The summed E-state index contributed by atoms with van der Waals surface area (Å²) in [4.78, 5) is 4.23. The van der Waals surface area contributed by atoms with Crippen molar-refractivity contribution in [3.05, 3.63) is 47.9 Å². The predicted octanol–water partition coefficient (Wildman–Crippen LogP) is 3.15. The highest BCUT2D eigenvalue weighted by Crippen LogP contribution is 2.22. The number of aromatic amines is 1. The number of rotatable bonds is 2. The SMILES string of the molecule is Cc1cc(F)cc(Nc2n[nH]c3cccnc23)c1. The van der Waals surface area contributed by atoms with Gasteiger partial charge in [-0.1, -0.05) is 0 Å². The average molecular weight is 242 g/mol. The van der Waals surface area contributed by atoms with E-state index in [1.54, 1.807) is 6.20 Å². The van der Waals surface area contributed by atoms with Gasteiger partial charge in [-0.25, -0.2) is 4.39 Å². The minimum atomic E-state index is -0.273. The van der Waals surface area contributed by atoms with Crippen LogP contribution < -0.4 is 5.32 Å². The maximum absolute atomic E-state index is 13.3. The molecule has 18 heavy (non-hydrogen) atoms. The maximum atomic E-state index is 13.3. The Morgan fingerprint density at radius 3 is 3.00 bits per heavy atom. The van der Waals surface area contributed by atoms with Crippen LogP contribution in [0, 0.1) is 12.7 Å². The molecule has 2 heterocycles. The standard InChI is InChI=1S/C13H11FN4/c1-8-5-9(14)7-10(6-8)16-13-12-11(17-18-13)3-2-4-15-12/h2-7H,1H3,(H2,16,17,18). The van der Waals surface area contributed by atoms with Crippen LogP contribution in [-0.4, -0.2) is 15.2 Å². The van der Waals surface area contributed by atoms with Crippen LogP contribution in [0.25, 0.3) is 11.0 Å². The predicted molar refractivity (Wildman–Crippen MR) is 68.3 cm³/mol. The molecule has 0 saturated carbocycles. The van der Waals surface area contributed by atoms with E-state index in [-0.39, 0.29) is 5.82 Å². The molecule has 90 valence electrons. The number of pyridine rings is 1. The molecule has 0 aliphatic carbocycles. The third kappa shape index (κ3) is 1.90. The number of nitrogens with one attached hydrogen (secondary N) is 2. The van der Waals surface area contributed by atoms with Crippen LogP contribution in [0.2, 0.25) is 0 Å². The Morgan fingerprint density at radius 1 is 1.28 bits per heavy atom. The van der Waals surface area contributed by atoms with Gasteiger partial charge < -0.3 is 5.32 Å². The van der Waals surface area contributed by atoms with Gasteiger partial charge in [0, 0.05) is 11.9 Å². The molecule has 0 spiro atoms. The molecule has 4 nitrogen and oxygen atoms in total. The minimum absolute atomic E-state index is 0.273. The Bertz CT molecular complexity index is 685. The second-order valence-electron chi connectivity index (χ2n) is 4.11. The molecular weight excluding hydrogens is 231 g/mol. The summed E-state index contributed by atoms with van der Waals surface area (Å²) in [7, 11) is 0. The molecular formula is C13H11FN4. The number of fused-ring (bicyclic) bond motifs is 1. The van der Waals surface area contributed by atoms with Gasteiger partial charge in [-0.3, -0.25) is 10.1 Å². The number of aryl methyl sites for hydroxylation is 1. The summed E-state index contributed by atoms with van der Waals surface area (Å²) in [5.74, 6) is 0.320. The second kappa shape index (κ2) is 4.10. The Labute approximate surface area is 103 Å². The number of hydrogen-bond acceptors (Lipinski definition) is 3. The van der Waals surface area contributed by atoms with Crippen molar-refractivity contribution in [2.45, 2.75) is 6.92 Å². The van der Waals surface area contributed by atoms with E-state index in [1.165, 1.54) is 12.1 Å². The lowest BCUT2D eigenvalue weighted by Gasteiger charge is -2.04. The number of hydrogen-bond donors (Lipinski definition) is 2. The molecule has 0 saturated heterocycles. The van der Waals surface area contributed by atoms with Crippen LogP contribution in [0.3, 0.4) is 0 Å². The van der Waals surface area contributed by atoms with E-state index in [1.807, 2.05) is 25.1 Å². The minimum Gasteiger partial charge on any atom is -0.337 e. The summed E-state index contributed by atoms with van der Waals surface area (Å²) in [6, 6.07) is 8.48. The van der Waals surface area contributed by atoms with Crippen molar-refractivity contribution >= 4 is 22.5 Å². The smallest absolute Gasteiger partial charge is 0.178 e. The molecule has 0 bridgehead atoms. The molecule has 0 radical (unpaired) electrons. The normalized spacial score (nSPS) is 10.8. The topological polar surface area (TPSA) is 53.6 Å². The Hall–Kier alpha value is -2.43. The highest BCUT2D eigenvalue weighted by atomic mass is 19.1. The first-order valence-electron chi connectivity index (χ1n) is 5.56. The van der Waals surface area contributed by atoms with Crippen molar-refractivity contribution in [2.75, 3.05) is 5.32 Å². The summed E-state index contributed by atoms with van der Waals surface area (Å²) >= 11 is 0. The molecule has 3 aromatic rings. The number of benzene rings is 1. The third-order valence-corrected chi connectivity index (χ3v) is 2.63. The molecule has 1 aromatic carbocycles. The lowest BCUT2D eigenvalue weighted by molar-refractivity contribution is 0.627. The number of aromatic nitrogens is 3. The largest absolute Gasteiger partial charge is 0.337 e. The van der Waals surface area contributed by atoms with Gasteiger partial charge in [0.15, 0.2) is 5.82 Å². The quantitative estimate of drug-likeness (QED) is 0.725. The van der Waals surface area contributed by atoms with Crippen LogP contribution in [0.1, 0.15) is 5.56 Å². The molecule has 0 atom stereocenters. The van der Waals surface area contributed by atoms with Gasteiger partial charge in [-0.2, -0.15) is 5.10 Å². The average Bonchev–Trinajstić information content (AvgIpc) is 2.72. The van der Waals surface area contributed by atoms with Crippen LogP contribution in [0.4, 0.5) is 15.9 Å². The summed E-state index contributed by atoms with van der Waals surface area (Å²) in [5, 5.41) is 10.1. The fourth-order valence-electron chi connectivity index (χ4n) is 1.89. The van der Waals surface area contributed by atoms with Gasteiger partial charge >= 0.3 is 0 Å².